The van der Waals surface area contributed by atoms with Crippen molar-refractivity contribution in [1.82, 2.24) is 9.62 Å². The maximum Gasteiger partial charge on any atom is 0.323 e. The van der Waals surface area contributed by atoms with Crippen LogP contribution in [0, 0.1) is 12.7 Å². The molecule has 114 valence electrons. The summed E-state index contributed by atoms with van der Waals surface area (Å²) in [6, 6.07) is 1.68. The Hall–Kier alpha value is -2.00. The second kappa shape index (κ2) is 5.41. The van der Waals surface area contributed by atoms with Crippen LogP contribution in [0.4, 0.5) is 4.39 Å². The zero-order chi connectivity index (χ0) is 15.8. The van der Waals surface area contributed by atoms with Gasteiger partial charge in [0.15, 0.2) is 0 Å². The van der Waals surface area contributed by atoms with Crippen molar-refractivity contribution in [1.29, 1.82) is 0 Å². The first-order valence-corrected chi connectivity index (χ1v) is 7.45. The molecule has 0 radical (unpaired) electrons. The van der Waals surface area contributed by atoms with Crippen molar-refractivity contribution in [2.75, 3.05) is 13.1 Å². The molecule has 1 heterocycles. The number of nitrogens with one attached hydrogen (secondary N) is 1. The molecule has 2 N–H and O–H groups in total. The Balaban J connectivity index is 2.49. The van der Waals surface area contributed by atoms with Gasteiger partial charge in [0, 0.05) is 6.54 Å². The number of carboxylic acids is 1. The van der Waals surface area contributed by atoms with Gasteiger partial charge in [-0.15, -0.1) is 0 Å². The van der Waals surface area contributed by atoms with Gasteiger partial charge in [0.1, 0.15) is 11.9 Å². The van der Waals surface area contributed by atoms with Gasteiger partial charge in [-0.05, 0) is 30.7 Å². The Bertz CT molecular complexity index is 704. The highest BCUT2D eigenvalue weighted by atomic mass is 32.2. The van der Waals surface area contributed by atoms with E-state index in [1.807, 2.05) is 0 Å². The van der Waals surface area contributed by atoms with Crippen molar-refractivity contribution < 1.29 is 27.5 Å². The van der Waals surface area contributed by atoms with Crippen molar-refractivity contribution in [3.8, 4) is 0 Å². The molecule has 1 saturated heterocycles. The second-order valence-corrected chi connectivity index (χ2v) is 6.48. The summed E-state index contributed by atoms with van der Waals surface area (Å²) in [5.74, 6) is -2.55. The van der Waals surface area contributed by atoms with E-state index in [9.17, 15) is 22.4 Å². The first-order chi connectivity index (χ1) is 9.73. The molecule has 0 bridgehead atoms. The predicted octanol–water partition coefficient (Wildman–Crippen LogP) is -0.292. The summed E-state index contributed by atoms with van der Waals surface area (Å²) in [7, 11) is -4.21. The number of carboxylic acid groups (broad SMARTS) is 1. The lowest BCUT2D eigenvalue weighted by Crippen LogP contribution is -2.59. The first kappa shape index (κ1) is 15.4. The molecule has 1 aliphatic rings. The smallest absolute Gasteiger partial charge is 0.323 e. The van der Waals surface area contributed by atoms with Crippen molar-refractivity contribution in [3.05, 3.63) is 29.6 Å². The molecule has 1 aromatic rings. The first-order valence-electron chi connectivity index (χ1n) is 6.01. The van der Waals surface area contributed by atoms with Crippen LogP contribution in [0.25, 0.3) is 0 Å². The van der Waals surface area contributed by atoms with E-state index in [0.29, 0.717) is 4.31 Å². The summed E-state index contributed by atoms with van der Waals surface area (Å²) < 4.78 is 38.8. The van der Waals surface area contributed by atoms with Crippen molar-refractivity contribution in [3.63, 3.8) is 0 Å². The Morgan fingerprint density at radius 2 is 2.14 bits per heavy atom. The van der Waals surface area contributed by atoms with E-state index in [4.69, 9.17) is 5.11 Å². The van der Waals surface area contributed by atoms with E-state index in [-0.39, 0.29) is 17.0 Å². The zero-order valence-corrected chi connectivity index (χ0v) is 11.9. The van der Waals surface area contributed by atoms with Gasteiger partial charge in [-0.3, -0.25) is 9.59 Å². The molecule has 21 heavy (non-hydrogen) atoms. The molecule has 1 atom stereocenters. The number of carbonyl (C=O) groups excluding carboxylic acids is 1. The van der Waals surface area contributed by atoms with Crippen LogP contribution in [-0.2, 0) is 19.6 Å². The molecule has 0 aromatic heterocycles. The number of hydrogen-bond donors (Lipinski definition) is 2. The number of carbonyl (C=O) groups is 2. The van der Waals surface area contributed by atoms with Crippen LogP contribution >= 0.6 is 0 Å². The molecule has 1 aliphatic heterocycles. The maximum atomic E-state index is 13.1. The predicted molar refractivity (Wildman–Crippen MR) is 69.5 cm³/mol. The Morgan fingerprint density at radius 1 is 1.48 bits per heavy atom. The molecule has 1 amide bonds. The number of halogens is 1. The van der Waals surface area contributed by atoms with E-state index in [2.05, 4.69) is 5.32 Å². The average Bonchev–Trinajstić information content (AvgIpc) is 2.37. The van der Waals surface area contributed by atoms with Crippen molar-refractivity contribution in [2.24, 2.45) is 0 Å². The van der Waals surface area contributed by atoms with Crippen LogP contribution in [0.15, 0.2) is 23.1 Å². The topological polar surface area (TPSA) is 104 Å². The summed E-state index contributed by atoms with van der Waals surface area (Å²) in [5, 5.41) is 11.4. The molecule has 1 fully saturated rings. The van der Waals surface area contributed by atoms with Crippen LogP contribution in [-0.4, -0.2) is 48.8 Å². The summed E-state index contributed by atoms with van der Waals surface area (Å²) in [6.45, 7) is 0.500. The monoisotopic (exact) mass is 316 g/mol. The number of benzene rings is 1. The quantitative estimate of drug-likeness (QED) is 0.797. The largest absolute Gasteiger partial charge is 0.480 e. The third-order valence-corrected chi connectivity index (χ3v) is 5.16. The lowest BCUT2D eigenvalue weighted by Gasteiger charge is -2.32. The van der Waals surface area contributed by atoms with Crippen LogP contribution in [0.5, 0.6) is 0 Å². The molecule has 0 spiro atoms. The van der Waals surface area contributed by atoms with Gasteiger partial charge in [-0.2, -0.15) is 4.31 Å². The van der Waals surface area contributed by atoms with Gasteiger partial charge in [0.25, 0.3) is 0 Å². The normalized spacial score (nSPS) is 20.1. The van der Waals surface area contributed by atoms with E-state index in [1.54, 1.807) is 0 Å². The number of aryl methyl sites for hydroxylation is 1. The minimum absolute atomic E-state index is 0.144. The second-order valence-electron chi connectivity index (χ2n) is 4.62. The number of nitrogens with zero attached hydrogens (tertiary/aromatic N) is 1. The van der Waals surface area contributed by atoms with Crippen molar-refractivity contribution in [2.45, 2.75) is 17.9 Å². The number of hydrogen-bond acceptors (Lipinski definition) is 4. The summed E-state index contributed by atoms with van der Waals surface area (Å²) in [5.41, 5.74) is 0.144. The molecule has 0 aliphatic carbocycles. The van der Waals surface area contributed by atoms with Crippen LogP contribution in [0.3, 0.4) is 0 Å². The Morgan fingerprint density at radius 3 is 2.71 bits per heavy atom. The van der Waals surface area contributed by atoms with Gasteiger partial charge < -0.3 is 10.4 Å². The SMILES string of the molecule is Cc1cc(F)ccc1S(=O)(=O)N1CC(=O)NCC1C(=O)O. The van der Waals surface area contributed by atoms with E-state index < -0.39 is 40.3 Å². The summed E-state index contributed by atoms with van der Waals surface area (Å²) >= 11 is 0. The number of aliphatic carboxylic acids is 1. The van der Waals surface area contributed by atoms with E-state index >= 15 is 0 Å². The number of amides is 1. The van der Waals surface area contributed by atoms with Crippen LogP contribution < -0.4 is 5.32 Å². The molecular weight excluding hydrogens is 303 g/mol. The third-order valence-electron chi connectivity index (χ3n) is 3.15. The fourth-order valence-corrected chi connectivity index (χ4v) is 3.86. The number of piperazine rings is 1. The fourth-order valence-electron chi connectivity index (χ4n) is 2.11. The van der Waals surface area contributed by atoms with Gasteiger partial charge in [-0.25, -0.2) is 12.8 Å². The Labute approximate surface area is 120 Å². The van der Waals surface area contributed by atoms with Gasteiger partial charge in [0.2, 0.25) is 15.9 Å². The molecule has 1 unspecified atom stereocenters. The summed E-state index contributed by atoms with van der Waals surface area (Å²) in [6.07, 6.45) is 0. The standard InChI is InChI=1S/C12H13FN2O5S/c1-7-4-8(13)2-3-10(7)21(19,20)15-6-11(16)14-5-9(15)12(17)18/h2-4,9H,5-6H2,1H3,(H,14,16)(H,17,18). The fraction of sp³-hybridized carbons (Fsp3) is 0.333. The minimum Gasteiger partial charge on any atom is -0.480 e. The molecule has 7 nitrogen and oxygen atoms in total. The lowest BCUT2D eigenvalue weighted by atomic mass is 10.2. The minimum atomic E-state index is -4.21. The molecule has 2 rings (SSSR count). The number of rotatable bonds is 3. The molecular formula is C12H13FN2O5S. The molecule has 9 heteroatoms. The number of sulfonamides is 1. The summed E-state index contributed by atoms with van der Waals surface area (Å²) in [4.78, 5) is 22.3. The zero-order valence-electron chi connectivity index (χ0n) is 11.0. The highest BCUT2D eigenvalue weighted by Crippen LogP contribution is 2.23. The van der Waals surface area contributed by atoms with Gasteiger partial charge >= 0.3 is 5.97 Å². The Kier molecular flexibility index (Phi) is 3.97. The highest BCUT2D eigenvalue weighted by molar-refractivity contribution is 7.89. The van der Waals surface area contributed by atoms with Crippen LogP contribution in [0.2, 0.25) is 0 Å². The van der Waals surface area contributed by atoms with Gasteiger partial charge in [0.05, 0.1) is 11.4 Å². The van der Waals surface area contributed by atoms with Crippen molar-refractivity contribution >= 4 is 21.9 Å². The maximum absolute atomic E-state index is 13.1. The van der Waals surface area contributed by atoms with E-state index in [0.717, 1.165) is 18.2 Å². The lowest BCUT2D eigenvalue weighted by molar-refractivity contribution is -0.143. The highest BCUT2D eigenvalue weighted by Gasteiger charge is 2.40. The van der Waals surface area contributed by atoms with Gasteiger partial charge in [-0.1, -0.05) is 0 Å². The average molecular weight is 316 g/mol. The molecule has 1 aromatic carbocycles. The third kappa shape index (κ3) is 2.88. The molecule has 0 saturated carbocycles. The van der Waals surface area contributed by atoms with E-state index in [1.165, 1.54) is 6.92 Å². The van der Waals surface area contributed by atoms with Crippen LogP contribution in [0.1, 0.15) is 5.56 Å².